The van der Waals surface area contributed by atoms with Crippen LogP contribution in [0.5, 0.6) is 0 Å². The number of likely N-dealkylation sites (tertiary alicyclic amines) is 1. The highest BCUT2D eigenvalue weighted by Crippen LogP contribution is 2.31. The summed E-state index contributed by atoms with van der Waals surface area (Å²) in [4.78, 5) is 39.7. The molecule has 1 N–H and O–H groups in total. The van der Waals surface area contributed by atoms with Crippen LogP contribution in [0.4, 0.5) is 16.2 Å². The van der Waals surface area contributed by atoms with E-state index in [1.165, 1.54) is 0 Å². The maximum atomic E-state index is 12.4. The molecule has 32 heavy (non-hydrogen) atoms. The van der Waals surface area contributed by atoms with Crippen molar-refractivity contribution in [1.82, 2.24) is 4.90 Å². The number of aldehydes is 1. The van der Waals surface area contributed by atoms with Crippen molar-refractivity contribution in [2.45, 2.75) is 25.5 Å². The van der Waals surface area contributed by atoms with Gasteiger partial charge >= 0.3 is 6.09 Å². The number of nitrogens with zero attached hydrogens (tertiary/aromatic N) is 2. The Bertz CT molecular complexity index is 941. The van der Waals surface area contributed by atoms with Gasteiger partial charge in [0.2, 0.25) is 5.91 Å². The molecule has 0 aliphatic carbocycles. The van der Waals surface area contributed by atoms with Crippen molar-refractivity contribution < 1.29 is 23.9 Å². The summed E-state index contributed by atoms with van der Waals surface area (Å²) in [7, 11) is 3.25. The molecule has 2 aromatic rings. The molecular weight excluding hydrogens is 410 g/mol. The molecule has 0 aromatic heterocycles. The fourth-order valence-corrected chi connectivity index (χ4v) is 3.96. The third-order valence-corrected chi connectivity index (χ3v) is 5.45. The molecule has 2 amide bonds. The maximum Gasteiger partial charge on any atom is 0.414 e. The van der Waals surface area contributed by atoms with Crippen molar-refractivity contribution >= 4 is 29.7 Å². The van der Waals surface area contributed by atoms with Crippen molar-refractivity contribution in [3.8, 4) is 0 Å². The van der Waals surface area contributed by atoms with Crippen LogP contribution in [0.15, 0.2) is 48.5 Å². The average Bonchev–Trinajstić information content (AvgIpc) is 2.80. The maximum absolute atomic E-state index is 12.4. The lowest BCUT2D eigenvalue weighted by molar-refractivity contribution is -0.117. The molecule has 8 nitrogen and oxygen atoms in total. The van der Waals surface area contributed by atoms with Crippen LogP contribution >= 0.6 is 0 Å². The van der Waals surface area contributed by atoms with E-state index in [0.717, 1.165) is 30.4 Å². The normalized spacial score (nSPS) is 16.3. The van der Waals surface area contributed by atoms with Gasteiger partial charge in [0.1, 0.15) is 6.61 Å². The van der Waals surface area contributed by atoms with E-state index in [-0.39, 0.29) is 24.6 Å². The highest BCUT2D eigenvalue weighted by atomic mass is 16.6. The first-order valence-electron chi connectivity index (χ1n) is 10.6. The zero-order chi connectivity index (χ0) is 22.9. The number of methoxy groups -OCH3 is 1. The lowest BCUT2D eigenvalue weighted by Crippen LogP contribution is -2.50. The number of benzene rings is 2. The van der Waals surface area contributed by atoms with Gasteiger partial charge in [-0.3, -0.25) is 19.4 Å². The number of ether oxygens (including phenoxy) is 2. The summed E-state index contributed by atoms with van der Waals surface area (Å²) >= 11 is 0. The van der Waals surface area contributed by atoms with Crippen molar-refractivity contribution in [2.75, 3.05) is 44.1 Å². The van der Waals surface area contributed by atoms with Gasteiger partial charge in [-0.05, 0) is 31.0 Å². The molecule has 1 saturated heterocycles. The Balaban J connectivity index is 0.000000913. The average molecular weight is 440 g/mol. The summed E-state index contributed by atoms with van der Waals surface area (Å²) in [6.07, 6.45) is 1.96. The summed E-state index contributed by atoms with van der Waals surface area (Å²) in [5.74, 6) is -0.152. The van der Waals surface area contributed by atoms with Crippen molar-refractivity contribution in [2.24, 2.45) is 0 Å². The number of carbonyl (C=O) groups excluding carboxylic acids is 3. The van der Waals surface area contributed by atoms with E-state index < -0.39 is 0 Å². The molecule has 2 aliphatic rings. The Morgan fingerprint density at radius 3 is 2.50 bits per heavy atom. The second-order valence-electron chi connectivity index (χ2n) is 7.72. The smallest absolute Gasteiger partial charge is 0.414 e. The molecular formula is C24H29N3O5. The topological polar surface area (TPSA) is 88.2 Å². The Labute approximate surface area is 188 Å². The van der Waals surface area contributed by atoms with Crippen LogP contribution < -0.4 is 10.2 Å². The number of hydrogen-bond donors (Lipinski definition) is 1. The molecule has 8 heteroatoms. The number of nitrogens with one attached hydrogen (secondary N) is 1. The van der Waals surface area contributed by atoms with E-state index in [4.69, 9.17) is 4.74 Å². The van der Waals surface area contributed by atoms with Gasteiger partial charge in [0, 0.05) is 44.5 Å². The lowest BCUT2D eigenvalue weighted by atomic mass is 10.0. The SMILES string of the molecule is COC.O=Cc1ccccc1NC(=O)CN1CCC(N2C(=O)OCc3ccccc32)CC1. The van der Waals surface area contributed by atoms with Crippen LogP contribution in [0.2, 0.25) is 0 Å². The van der Waals surface area contributed by atoms with Gasteiger partial charge in [-0.25, -0.2) is 4.79 Å². The van der Waals surface area contributed by atoms with Gasteiger partial charge in [-0.2, -0.15) is 0 Å². The Morgan fingerprint density at radius 2 is 1.78 bits per heavy atom. The fraction of sp³-hybridized carbons (Fsp3) is 0.375. The quantitative estimate of drug-likeness (QED) is 0.719. The monoisotopic (exact) mass is 439 g/mol. The van der Waals surface area contributed by atoms with Crippen molar-refractivity contribution in [1.29, 1.82) is 0 Å². The number of piperidine rings is 1. The number of carbonyl (C=O) groups is 3. The number of amides is 2. The number of anilines is 2. The third-order valence-electron chi connectivity index (χ3n) is 5.45. The fourth-order valence-electron chi connectivity index (χ4n) is 3.96. The standard InChI is InChI=1S/C22H23N3O4.C2H6O/c26-14-16-5-1-3-7-19(16)23-21(27)13-24-11-9-18(10-12-24)25-20-8-4-2-6-17(20)15-29-22(25)28;1-3-2/h1-8,14,18H,9-13,15H2,(H,23,27);1-2H3. The number of hydrogen-bond acceptors (Lipinski definition) is 6. The third kappa shape index (κ3) is 5.72. The first-order valence-corrected chi connectivity index (χ1v) is 10.6. The lowest BCUT2D eigenvalue weighted by Gasteiger charge is -2.40. The Morgan fingerprint density at radius 1 is 1.12 bits per heavy atom. The second-order valence-corrected chi connectivity index (χ2v) is 7.72. The summed E-state index contributed by atoms with van der Waals surface area (Å²) in [6, 6.07) is 14.8. The number of cyclic esters (lactones) is 1. The van der Waals surface area contributed by atoms with E-state index in [2.05, 4.69) is 15.0 Å². The minimum Gasteiger partial charge on any atom is -0.444 e. The highest BCUT2D eigenvalue weighted by molar-refractivity contribution is 5.97. The van der Waals surface area contributed by atoms with E-state index >= 15 is 0 Å². The van der Waals surface area contributed by atoms with Crippen LogP contribution in [0.3, 0.4) is 0 Å². The van der Waals surface area contributed by atoms with Crippen molar-refractivity contribution in [3.05, 3.63) is 59.7 Å². The summed E-state index contributed by atoms with van der Waals surface area (Å²) in [5, 5.41) is 2.81. The summed E-state index contributed by atoms with van der Waals surface area (Å²) in [5.41, 5.74) is 2.92. The Kier molecular flexibility index (Phi) is 8.35. The second kappa shape index (κ2) is 11.4. The minimum absolute atomic E-state index is 0.0547. The van der Waals surface area contributed by atoms with Crippen LogP contribution in [0.25, 0.3) is 0 Å². The van der Waals surface area contributed by atoms with Gasteiger partial charge in [0.05, 0.1) is 17.9 Å². The predicted octanol–water partition coefficient (Wildman–Crippen LogP) is 3.32. The predicted molar refractivity (Wildman–Crippen MR) is 122 cm³/mol. The molecule has 0 saturated carbocycles. The first-order chi connectivity index (χ1) is 15.6. The molecule has 4 rings (SSSR count). The molecule has 0 bridgehead atoms. The van der Waals surface area contributed by atoms with Crippen LogP contribution in [-0.2, 0) is 20.9 Å². The number of fused-ring (bicyclic) bond motifs is 1. The largest absolute Gasteiger partial charge is 0.444 e. The van der Waals surface area contributed by atoms with Gasteiger partial charge in [-0.1, -0.05) is 30.3 Å². The molecule has 2 heterocycles. The molecule has 2 aromatic carbocycles. The molecule has 1 fully saturated rings. The van der Waals surface area contributed by atoms with E-state index in [1.54, 1.807) is 43.4 Å². The molecule has 2 aliphatic heterocycles. The summed E-state index contributed by atoms with van der Waals surface area (Å²) < 4.78 is 9.58. The van der Waals surface area contributed by atoms with Gasteiger partial charge in [-0.15, -0.1) is 0 Å². The van der Waals surface area contributed by atoms with Crippen LogP contribution in [0, 0.1) is 0 Å². The van der Waals surface area contributed by atoms with Gasteiger partial charge < -0.3 is 14.8 Å². The summed E-state index contributed by atoms with van der Waals surface area (Å²) in [6.45, 7) is 1.98. The molecule has 170 valence electrons. The molecule has 0 radical (unpaired) electrons. The van der Waals surface area contributed by atoms with Gasteiger partial charge in [0.25, 0.3) is 0 Å². The Hall–Kier alpha value is -3.23. The zero-order valence-electron chi connectivity index (χ0n) is 18.5. The first kappa shape index (κ1) is 23.4. The highest BCUT2D eigenvalue weighted by Gasteiger charge is 2.34. The number of para-hydroxylation sites is 2. The molecule has 0 atom stereocenters. The van der Waals surface area contributed by atoms with E-state index in [0.29, 0.717) is 30.9 Å². The van der Waals surface area contributed by atoms with Crippen LogP contribution in [0.1, 0.15) is 28.8 Å². The van der Waals surface area contributed by atoms with E-state index in [1.807, 2.05) is 24.3 Å². The zero-order valence-corrected chi connectivity index (χ0v) is 18.5. The minimum atomic E-state index is -0.301. The van der Waals surface area contributed by atoms with Crippen molar-refractivity contribution in [3.63, 3.8) is 0 Å². The van der Waals surface area contributed by atoms with Crippen LogP contribution in [-0.4, -0.2) is 63.1 Å². The molecule has 0 spiro atoms. The molecule has 0 unspecified atom stereocenters. The van der Waals surface area contributed by atoms with E-state index in [9.17, 15) is 14.4 Å². The number of rotatable bonds is 5. The van der Waals surface area contributed by atoms with Gasteiger partial charge in [0.15, 0.2) is 6.29 Å².